The Morgan fingerprint density at radius 3 is 1.59 bits per heavy atom. The van der Waals surface area contributed by atoms with Crippen LogP contribution in [-0.4, -0.2) is 48.6 Å². The Labute approximate surface area is 270 Å². The van der Waals surface area contributed by atoms with Crippen molar-refractivity contribution < 1.29 is 33.3 Å². The topological polar surface area (TPSA) is 92.3 Å². The van der Waals surface area contributed by atoms with Crippen LogP contribution in [0.2, 0.25) is 0 Å². The summed E-state index contributed by atoms with van der Waals surface area (Å²) in [4.78, 5) is 25.6. The van der Waals surface area contributed by atoms with Crippen molar-refractivity contribution in [3.8, 4) is 0 Å². The minimum atomic E-state index is -1.63. The first-order valence-electron chi connectivity index (χ1n) is 15.5. The van der Waals surface area contributed by atoms with Crippen molar-refractivity contribution in [2.75, 3.05) is 6.61 Å². The Hall–Kier alpha value is -4.34. The molecule has 1 saturated heterocycles. The summed E-state index contributed by atoms with van der Waals surface area (Å²) in [5.41, 5.74) is 3.76. The highest BCUT2D eigenvalue weighted by Crippen LogP contribution is 2.38. The van der Waals surface area contributed by atoms with Crippen LogP contribution in [-0.2, 0) is 59.5 Å². The van der Waals surface area contributed by atoms with Crippen LogP contribution < -0.4 is 5.32 Å². The van der Waals surface area contributed by atoms with E-state index < -0.39 is 36.1 Å². The van der Waals surface area contributed by atoms with Gasteiger partial charge in [-0.1, -0.05) is 121 Å². The molecule has 0 spiro atoms. The molecule has 8 heteroatoms. The Morgan fingerprint density at radius 2 is 1.11 bits per heavy atom. The van der Waals surface area contributed by atoms with Crippen molar-refractivity contribution in [2.45, 2.75) is 70.2 Å². The average Bonchev–Trinajstić information content (AvgIpc) is 3.06. The smallest absolute Gasteiger partial charge is 0.305 e. The molecule has 1 aliphatic rings. The van der Waals surface area contributed by atoms with Gasteiger partial charge in [0, 0.05) is 20.3 Å². The molecular formula is C38H41NO7. The zero-order valence-electron chi connectivity index (χ0n) is 26.2. The van der Waals surface area contributed by atoms with E-state index in [1.54, 1.807) is 0 Å². The lowest BCUT2D eigenvalue weighted by Gasteiger charge is -2.52. The van der Waals surface area contributed by atoms with Crippen LogP contribution >= 0.6 is 0 Å². The van der Waals surface area contributed by atoms with E-state index in [1.165, 1.54) is 13.8 Å². The quantitative estimate of drug-likeness (QED) is 0.178. The van der Waals surface area contributed by atoms with Crippen molar-refractivity contribution in [3.63, 3.8) is 0 Å². The van der Waals surface area contributed by atoms with Gasteiger partial charge in [-0.2, -0.15) is 0 Å². The molecule has 4 aromatic carbocycles. The van der Waals surface area contributed by atoms with Crippen LogP contribution in [0.5, 0.6) is 0 Å². The molecule has 5 rings (SSSR count). The fraction of sp³-hybridized carbons (Fsp3) is 0.316. The number of esters is 1. The Balaban J connectivity index is 1.55. The maximum atomic E-state index is 12.8. The highest BCUT2D eigenvalue weighted by Gasteiger charge is 2.58. The van der Waals surface area contributed by atoms with Crippen molar-refractivity contribution in [3.05, 3.63) is 144 Å². The molecule has 8 nitrogen and oxygen atoms in total. The summed E-state index contributed by atoms with van der Waals surface area (Å²) in [5.74, 6) is -2.51. The van der Waals surface area contributed by atoms with E-state index >= 15 is 0 Å². The highest BCUT2D eigenvalue weighted by molar-refractivity contribution is 5.73. The first-order valence-corrected chi connectivity index (χ1v) is 15.5. The Morgan fingerprint density at radius 1 is 0.652 bits per heavy atom. The number of nitrogens with one attached hydrogen (secondary N) is 1. The Bertz CT molecular complexity index is 1500. The van der Waals surface area contributed by atoms with Gasteiger partial charge >= 0.3 is 5.97 Å². The van der Waals surface area contributed by atoms with Crippen molar-refractivity contribution in [1.82, 2.24) is 5.32 Å². The molecule has 0 aromatic heterocycles. The lowest BCUT2D eigenvalue weighted by molar-refractivity contribution is -0.335. The molecule has 46 heavy (non-hydrogen) atoms. The second kappa shape index (κ2) is 16.3. The van der Waals surface area contributed by atoms with Gasteiger partial charge in [-0.05, 0) is 22.3 Å². The number of hydrogen-bond acceptors (Lipinski definition) is 7. The van der Waals surface area contributed by atoms with Crippen LogP contribution in [0.1, 0.15) is 36.1 Å². The molecule has 0 bridgehead atoms. The molecule has 1 amide bonds. The van der Waals surface area contributed by atoms with Crippen molar-refractivity contribution in [2.24, 2.45) is 0 Å². The zero-order chi connectivity index (χ0) is 32.2. The SMILES string of the molecule is CC(=O)N[C@@H]1[C@@H](OCc2ccccc2)[C@H](OCc2ccccc2)[C@@H](COCc2ccccc2)OC1(Cc1ccccc1)OC(C)=O. The minimum Gasteiger partial charge on any atom is -0.430 e. The van der Waals surface area contributed by atoms with E-state index in [-0.39, 0.29) is 32.1 Å². The molecule has 1 N–H and O–H groups in total. The monoisotopic (exact) mass is 623 g/mol. The molecule has 1 aliphatic heterocycles. The van der Waals surface area contributed by atoms with Crippen LogP contribution in [0.15, 0.2) is 121 Å². The van der Waals surface area contributed by atoms with E-state index in [4.69, 9.17) is 23.7 Å². The Kier molecular flexibility index (Phi) is 11.7. The standard InChI is InChI=1S/C38H41NO7/c1-28(40)39-37-36(44-26-33-21-13-6-14-22-33)35(43-25-32-19-11-5-12-20-32)34(27-42-24-31-17-9-4-10-18-31)46-38(37,45-29(2)41)23-30-15-7-3-8-16-30/h3-22,34-37H,23-27H2,1-2H3,(H,39,40)/t34-,35-,36+,37-,38?/m1/s1. The van der Waals surface area contributed by atoms with Gasteiger partial charge in [0.25, 0.3) is 0 Å². The summed E-state index contributed by atoms with van der Waals surface area (Å²) in [6.07, 6.45) is -2.09. The van der Waals surface area contributed by atoms with E-state index in [9.17, 15) is 9.59 Å². The van der Waals surface area contributed by atoms with Gasteiger partial charge in [0.05, 0.1) is 26.4 Å². The number of carbonyl (C=O) groups is 2. The second-order valence-corrected chi connectivity index (χ2v) is 11.4. The summed E-state index contributed by atoms with van der Waals surface area (Å²) in [7, 11) is 0. The summed E-state index contributed by atoms with van der Waals surface area (Å²) in [5, 5.41) is 3.03. The molecule has 1 fully saturated rings. The van der Waals surface area contributed by atoms with Gasteiger partial charge in [-0.25, -0.2) is 0 Å². The first kappa shape index (κ1) is 33.0. The number of amides is 1. The molecule has 4 aromatic rings. The van der Waals surface area contributed by atoms with E-state index in [1.807, 2.05) is 121 Å². The van der Waals surface area contributed by atoms with E-state index in [0.717, 1.165) is 22.3 Å². The summed E-state index contributed by atoms with van der Waals surface area (Å²) < 4.78 is 32.5. The largest absolute Gasteiger partial charge is 0.430 e. The zero-order valence-corrected chi connectivity index (χ0v) is 26.2. The number of carbonyl (C=O) groups excluding carboxylic acids is 2. The molecule has 1 unspecified atom stereocenters. The normalized spacial score (nSPS) is 22.6. The predicted molar refractivity (Wildman–Crippen MR) is 173 cm³/mol. The van der Waals surface area contributed by atoms with Crippen LogP contribution in [0, 0.1) is 0 Å². The second-order valence-electron chi connectivity index (χ2n) is 11.4. The van der Waals surface area contributed by atoms with Crippen molar-refractivity contribution >= 4 is 11.9 Å². The number of rotatable bonds is 14. The fourth-order valence-corrected chi connectivity index (χ4v) is 5.78. The average molecular weight is 624 g/mol. The summed E-state index contributed by atoms with van der Waals surface area (Å²) in [6.45, 7) is 3.71. The van der Waals surface area contributed by atoms with Gasteiger partial charge in [-0.3, -0.25) is 9.59 Å². The first-order chi connectivity index (χ1) is 22.4. The van der Waals surface area contributed by atoms with Gasteiger partial charge in [-0.15, -0.1) is 0 Å². The molecule has 0 radical (unpaired) electrons. The molecule has 240 valence electrons. The van der Waals surface area contributed by atoms with Gasteiger partial charge in [0.1, 0.15) is 24.4 Å². The molecule has 5 atom stereocenters. The third-order valence-electron chi connectivity index (χ3n) is 7.78. The fourth-order valence-electron chi connectivity index (χ4n) is 5.78. The number of hydrogen-bond donors (Lipinski definition) is 1. The molecular weight excluding hydrogens is 582 g/mol. The van der Waals surface area contributed by atoms with Crippen LogP contribution in [0.25, 0.3) is 0 Å². The van der Waals surface area contributed by atoms with E-state index in [2.05, 4.69) is 5.32 Å². The third-order valence-corrected chi connectivity index (χ3v) is 7.78. The third kappa shape index (κ3) is 9.11. The maximum Gasteiger partial charge on any atom is 0.305 e. The van der Waals surface area contributed by atoms with Gasteiger partial charge in [0.2, 0.25) is 11.7 Å². The van der Waals surface area contributed by atoms with Crippen LogP contribution in [0.3, 0.4) is 0 Å². The molecule has 0 aliphatic carbocycles. The minimum absolute atomic E-state index is 0.115. The molecule has 1 heterocycles. The van der Waals surface area contributed by atoms with E-state index in [0.29, 0.717) is 6.61 Å². The van der Waals surface area contributed by atoms with Crippen LogP contribution in [0.4, 0.5) is 0 Å². The number of ether oxygens (including phenoxy) is 5. The lowest BCUT2D eigenvalue weighted by Crippen LogP contribution is -2.72. The number of benzene rings is 4. The highest BCUT2D eigenvalue weighted by atomic mass is 16.7. The lowest BCUT2D eigenvalue weighted by atomic mass is 9.85. The summed E-state index contributed by atoms with van der Waals surface area (Å²) in [6, 6.07) is 38.1. The molecule has 0 saturated carbocycles. The van der Waals surface area contributed by atoms with Crippen molar-refractivity contribution in [1.29, 1.82) is 0 Å². The summed E-state index contributed by atoms with van der Waals surface area (Å²) >= 11 is 0. The predicted octanol–water partition coefficient (Wildman–Crippen LogP) is 5.78. The maximum absolute atomic E-state index is 12.8. The van der Waals surface area contributed by atoms with Gasteiger partial charge < -0.3 is 29.0 Å². The van der Waals surface area contributed by atoms with Gasteiger partial charge in [0.15, 0.2) is 0 Å².